The first-order valence-electron chi connectivity index (χ1n) is 15.1. The zero-order valence-electron chi connectivity index (χ0n) is 25.7. The van der Waals surface area contributed by atoms with E-state index in [4.69, 9.17) is 44.3 Å². The van der Waals surface area contributed by atoms with E-state index in [-0.39, 0.29) is 26.6 Å². The number of methoxy groups -OCH3 is 2. The van der Waals surface area contributed by atoms with Crippen LogP contribution in [0.15, 0.2) is 48.8 Å². The Hall–Kier alpha value is -3.87. The molecule has 248 valence electrons. The van der Waals surface area contributed by atoms with Crippen LogP contribution < -0.4 is 9.47 Å². The third kappa shape index (κ3) is 7.99. The number of esters is 2. The van der Waals surface area contributed by atoms with Crippen molar-refractivity contribution in [2.75, 3.05) is 27.4 Å². The van der Waals surface area contributed by atoms with Crippen LogP contribution in [0.2, 0.25) is 15.5 Å². The highest BCUT2D eigenvalue weighted by Crippen LogP contribution is 2.71. The lowest BCUT2D eigenvalue weighted by molar-refractivity contribution is 0.0591. The van der Waals surface area contributed by atoms with E-state index in [2.05, 4.69) is 34.7 Å². The van der Waals surface area contributed by atoms with Crippen LogP contribution in [0.4, 0.5) is 0 Å². The summed E-state index contributed by atoms with van der Waals surface area (Å²) < 4.78 is 21.9. The average molecular weight is 704 g/mol. The minimum absolute atomic E-state index is 0.0503. The molecule has 2 atom stereocenters. The number of ether oxygens (including phenoxy) is 4. The van der Waals surface area contributed by atoms with Crippen LogP contribution in [0, 0.1) is 22.7 Å². The molecule has 12 nitrogen and oxygen atoms in total. The lowest BCUT2D eigenvalue weighted by atomic mass is 10.3. The summed E-state index contributed by atoms with van der Waals surface area (Å²) in [7, 11) is 2.57. The maximum atomic E-state index is 11.5. The number of nitrogens with zero attached hydrogens (tertiary/aromatic N) is 5. The first kappa shape index (κ1) is 33.0. The molecule has 0 aromatic carbocycles. The molecule has 0 amide bonds. The van der Waals surface area contributed by atoms with Crippen LogP contribution >= 0.6 is 34.8 Å². The number of nitrogens with one attached hydrogen (secondary N) is 1. The summed E-state index contributed by atoms with van der Waals surface area (Å²) in [5.74, 6) is 2.38. The normalized spacial score (nSPS) is 19.8. The number of halogens is 3. The number of hydrogen-bond donors (Lipinski definition) is 1. The van der Waals surface area contributed by atoms with Gasteiger partial charge in [-0.25, -0.2) is 29.3 Å². The molecule has 4 heterocycles. The van der Waals surface area contributed by atoms with Crippen molar-refractivity contribution in [2.45, 2.75) is 38.5 Å². The van der Waals surface area contributed by atoms with Gasteiger partial charge in [-0.15, -0.1) is 5.10 Å². The van der Waals surface area contributed by atoms with Crippen molar-refractivity contribution in [1.82, 2.24) is 29.9 Å². The van der Waals surface area contributed by atoms with Gasteiger partial charge in [-0.3, -0.25) is 0 Å². The quantitative estimate of drug-likeness (QED) is 0.149. The van der Waals surface area contributed by atoms with E-state index in [1.54, 1.807) is 35.3 Å². The molecule has 8 rings (SSSR count). The predicted molar refractivity (Wildman–Crippen MR) is 172 cm³/mol. The average Bonchev–Trinajstić information content (AvgIpc) is 4.06. The van der Waals surface area contributed by atoms with Gasteiger partial charge >= 0.3 is 11.9 Å². The minimum Gasteiger partial charge on any atom is -0.478 e. The van der Waals surface area contributed by atoms with Crippen LogP contribution in [-0.2, 0) is 9.47 Å². The van der Waals surface area contributed by atoms with Crippen molar-refractivity contribution >= 4 is 46.7 Å². The first-order chi connectivity index (χ1) is 22.6. The maximum absolute atomic E-state index is 11.5. The Labute approximate surface area is 286 Å². The van der Waals surface area contributed by atoms with Gasteiger partial charge in [0.05, 0.1) is 44.8 Å². The summed E-state index contributed by atoms with van der Waals surface area (Å²) in [4.78, 5) is 30.3. The van der Waals surface area contributed by atoms with Crippen molar-refractivity contribution in [3.63, 3.8) is 0 Å². The predicted octanol–water partition coefficient (Wildman–Crippen LogP) is 6.65. The highest BCUT2D eigenvalue weighted by molar-refractivity contribution is 6.34. The molecule has 0 radical (unpaired) electrons. The van der Waals surface area contributed by atoms with Crippen LogP contribution in [0.25, 0.3) is 5.82 Å². The fourth-order valence-corrected chi connectivity index (χ4v) is 6.23. The second kappa shape index (κ2) is 13.7. The number of aromatic nitrogens is 6. The SMILES string of the molecule is COC(=O)c1ccc(-n2ccc(OCC3CC34CC4)n2)nc1Cl.COC(=O)c1ccc(Cl)nc1Cl.c1cc(OCC2CC23CC3)[nH]n1. The molecular weight excluding hydrogens is 671 g/mol. The molecule has 2 unspecified atom stereocenters. The Morgan fingerprint density at radius 2 is 1.43 bits per heavy atom. The van der Waals surface area contributed by atoms with Gasteiger partial charge in [0.25, 0.3) is 0 Å². The second-order valence-electron chi connectivity index (χ2n) is 12.1. The van der Waals surface area contributed by atoms with Crippen LogP contribution in [-0.4, -0.2) is 69.3 Å². The third-order valence-corrected chi connectivity index (χ3v) is 9.90. The summed E-state index contributed by atoms with van der Waals surface area (Å²) >= 11 is 17.1. The smallest absolute Gasteiger partial charge is 0.341 e. The fraction of sp³-hybridized carbons (Fsp3) is 0.438. The highest BCUT2D eigenvalue weighted by Gasteiger charge is 2.63. The standard InChI is InChI=1S/C16H16ClN3O3.C9H12N2O.C7H5Cl2NO2/c1-22-15(21)11-2-3-12(18-14(11)17)20-7-4-13(19-20)23-9-10-8-16(10)5-6-16;1-4-10-11-8(1)12-6-7-5-9(7)2-3-9;1-12-7(11)4-2-3-5(8)10-6(4)9/h2-4,7,10H,5-6,8-9H2,1H3;1,4,7H,2-3,5-6H2,(H,10,11);2-3H,1H3. The summed E-state index contributed by atoms with van der Waals surface area (Å²) in [6, 6.07) is 9.83. The Bertz CT molecular complexity index is 1740. The minimum atomic E-state index is -0.524. The van der Waals surface area contributed by atoms with E-state index in [0.29, 0.717) is 23.0 Å². The summed E-state index contributed by atoms with van der Waals surface area (Å²) in [5.41, 5.74) is 1.81. The number of rotatable bonds is 9. The molecule has 0 bridgehead atoms. The molecular formula is C32H33Cl3N6O6. The zero-order chi connectivity index (χ0) is 33.2. The topological polar surface area (TPSA) is 143 Å². The van der Waals surface area contributed by atoms with Crippen molar-refractivity contribution in [3.05, 3.63) is 75.4 Å². The number of hydrogen-bond acceptors (Lipinski definition) is 10. The summed E-state index contributed by atoms with van der Waals surface area (Å²) in [6.45, 7) is 1.61. The van der Waals surface area contributed by atoms with Gasteiger partial charge in [0.15, 0.2) is 5.82 Å². The number of carbonyl (C=O) groups excluding carboxylic acids is 2. The van der Waals surface area contributed by atoms with E-state index in [0.717, 1.165) is 30.4 Å². The van der Waals surface area contributed by atoms with Gasteiger partial charge in [0.2, 0.25) is 11.8 Å². The molecule has 4 aliphatic rings. The van der Waals surface area contributed by atoms with Crippen molar-refractivity contribution in [2.24, 2.45) is 22.7 Å². The lowest BCUT2D eigenvalue weighted by Gasteiger charge is -2.05. The first-order valence-corrected chi connectivity index (χ1v) is 16.2. The highest BCUT2D eigenvalue weighted by atomic mass is 35.5. The van der Waals surface area contributed by atoms with Crippen LogP contribution in [0.5, 0.6) is 11.8 Å². The molecule has 47 heavy (non-hydrogen) atoms. The number of pyridine rings is 2. The number of aromatic amines is 1. The van der Waals surface area contributed by atoms with Gasteiger partial charge in [0.1, 0.15) is 15.5 Å². The fourth-order valence-electron chi connectivity index (χ4n) is 5.58. The molecule has 15 heteroatoms. The van der Waals surface area contributed by atoms with Crippen LogP contribution in [0.1, 0.15) is 59.2 Å². The largest absolute Gasteiger partial charge is 0.478 e. The van der Waals surface area contributed by atoms with E-state index in [1.165, 1.54) is 64.9 Å². The molecule has 4 aliphatic carbocycles. The van der Waals surface area contributed by atoms with Gasteiger partial charge in [-0.05, 0) is 85.5 Å². The van der Waals surface area contributed by atoms with Gasteiger partial charge in [0, 0.05) is 18.3 Å². The molecule has 0 aliphatic heterocycles. The molecule has 2 spiro atoms. The summed E-state index contributed by atoms with van der Waals surface area (Å²) in [6.07, 6.45) is 11.7. The molecule has 4 fully saturated rings. The molecule has 4 aromatic heterocycles. The van der Waals surface area contributed by atoms with E-state index >= 15 is 0 Å². The van der Waals surface area contributed by atoms with Gasteiger partial charge < -0.3 is 18.9 Å². The Morgan fingerprint density at radius 1 is 0.830 bits per heavy atom. The molecule has 4 saturated carbocycles. The Morgan fingerprint density at radius 3 is 1.94 bits per heavy atom. The van der Waals surface area contributed by atoms with Crippen molar-refractivity contribution in [3.8, 4) is 17.6 Å². The van der Waals surface area contributed by atoms with Gasteiger partial charge in [-0.1, -0.05) is 34.8 Å². The third-order valence-electron chi connectivity index (χ3n) is 9.11. The van der Waals surface area contributed by atoms with E-state index < -0.39 is 11.9 Å². The van der Waals surface area contributed by atoms with E-state index in [9.17, 15) is 9.59 Å². The Kier molecular flexibility index (Phi) is 9.63. The molecule has 1 N–H and O–H groups in total. The summed E-state index contributed by atoms with van der Waals surface area (Å²) in [5, 5.41) is 11.3. The van der Waals surface area contributed by atoms with Crippen molar-refractivity contribution < 1.29 is 28.5 Å². The monoisotopic (exact) mass is 702 g/mol. The molecule has 0 saturated heterocycles. The van der Waals surface area contributed by atoms with Crippen molar-refractivity contribution in [1.29, 1.82) is 0 Å². The number of H-pyrrole nitrogens is 1. The zero-order valence-corrected chi connectivity index (χ0v) is 28.0. The Balaban J connectivity index is 0.000000136. The van der Waals surface area contributed by atoms with E-state index in [1.807, 2.05) is 6.07 Å². The number of carbonyl (C=O) groups is 2. The lowest BCUT2D eigenvalue weighted by Crippen LogP contribution is -2.06. The second-order valence-corrected chi connectivity index (χ2v) is 13.2. The maximum Gasteiger partial charge on any atom is 0.341 e. The van der Waals surface area contributed by atoms with Gasteiger partial charge in [-0.2, -0.15) is 5.10 Å². The molecule has 4 aromatic rings. The van der Waals surface area contributed by atoms with Crippen LogP contribution in [0.3, 0.4) is 0 Å².